The van der Waals surface area contributed by atoms with Crippen molar-refractivity contribution in [3.63, 3.8) is 0 Å². The Labute approximate surface area is 135 Å². The van der Waals surface area contributed by atoms with Gasteiger partial charge < -0.3 is 0 Å². The summed E-state index contributed by atoms with van der Waals surface area (Å²) in [4.78, 5) is 4.61. The van der Waals surface area contributed by atoms with Crippen LogP contribution < -0.4 is 0 Å². The number of hydrogen-bond donors (Lipinski definition) is 0. The minimum Gasteiger partial charge on any atom is -0.294 e. The zero-order chi connectivity index (χ0) is 15.1. The lowest BCUT2D eigenvalue weighted by Gasteiger charge is -2.12. The summed E-state index contributed by atoms with van der Waals surface area (Å²) in [5, 5.41) is -0.284. The largest absolute Gasteiger partial charge is 0.294 e. The zero-order valence-corrected chi connectivity index (χ0v) is 13.9. The van der Waals surface area contributed by atoms with Crippen LogP contribution in [0.1, 0.15) is 23.7 Å². The molecule has 0 amide bonds. The fourth-order valence-electron chi connectivity index (χ4n) is 2.39. The van der Waals surface area contributed by atoms with Gasteiger partial charge in [-0.3, -0.25) is 4.57 Å². The molecule has 0 aliphatic carbocycles. The van der Waals surface area contributed by atoms with E-state index >= 15 is 0 Å². The highest BCUT2D eigenvalue weighted by molar-refractivity contribution is 9.10. The number of hydrogen-bond acceptors (Lipinski definition) is 1. The number of alkyl halides is 1. The molecular weight excluding hydrogens is 355 g/mol. The molecule has 1 atom stereocenters. The average Bonchev–Trinajstić information content (AvgIpc) is 2.80. The molecule has 0 N–H and O–H groups in total. The fraction of sp³-hybridized carbons (Fsp3) is 0.188. The highest BCUT2D eigenvalue weighted by Crippen LogP contribution is 2.32. The zero-order valence-electron chi connectivity index (χ0n) is 11.6. The van der Waals surface area contributed by atoms with Crippen LogP contribution in [0.5, 0.6) is 0 Å². The first-order valence-electron chi connectivity index (χ1n) is 6.56. The molecule has 21 heavy (non-hydrogen) atoms. The van der Waals surface area contributed by atoms with Crippen LogP contribution in [0.25, 0.3) is 16.7 Å². The van der Waals surface area contributed by atoms with Gasteiger partial charge in [0.25, 0.3) is 0 Å². The van der Waals surface area contributed by atoms with Gasteiger partial charge in [-0.15, -0.1) is 11.6 Å². The van der Waals surface area contributed by atoms with Crippen LogP contribution in [-0.4, -0.2) is 9.55 Å². The summed E-state index contributed by atoms with van der Waals surface area (Å²) >= 11 is 9.75. The Kier molecular flexibility index (Phi) is 3.76. The van der Waals surface area contributed by atoms with E-state index < -0.39 is 0 Å². The van der Waals surface area contributed by atoms with E-state index in [1.54, 1.807) is 6.07 Å². The van der Waals surface area contributed by atoms with Crippen molar-refractivity contribution in [1.29, 1.82) is 0 Å². The van der Waals surface area contributed by atoms with Crippen molar-refractivity contribution < 1.29 is 4.39 Å². The molecule has 0 saturated carbocycles. The van der Waals surface area contributed by atoms with E-state index in [-0.39, 0.29) is 11.2 Å². The molecule has 0 spiro atoms. The van der Waals surface area contributed by atoms with E-state index in [0.29, 0.717) is 11.5 Å². The van der Waals surface area contributed by atoms with Gasteiger partial charge in [0.2, 0.25) is 0 Å². The maximum Gasteiger partial charge on any atom is 0.132 e. The molecule has 0 aliphatic rings. The highest BCUT2D eigenvalue weighted by atomic mass is 79.9. The average molecular weight is 368 g/mol. The van der Waals surface area contributed by atoms with E-state index in [9.17, 15) is 4.39 Å². The van der Waals surface area contributed by atoms with Crippen LogP contribution >= 0.6 is 27.5 Å². The third-order valence-corrected chi connectivity index (χ3v) is 4.21. The van der Waals surface area contributed by atoms with Crippen molar-refractivity contribution in [2.24, 2.45) is 0 Å². The molecule has 0 fully saturated rings. The van der Waals surface area contributed by atoms with Crippen molar-refractivity contribution in [1.82, 2.24) is 9.55 Å². The van der Waals surface area contributed by atoms with E-state index in [1.807, 2.05) is 36.6 Å². The smallest absolute Gasteiger partial charge is 0.132 e. The Morgan fingerprint density at radius 2 is 2.00 bits per heavy atom. The Balaban J connectivity index is 2.39. The maximum atomic E-state index is 13.6. The SMILES string of the molecule is Cc1ccc2c(c1)nc(C(C)Cl)n2-c1cc(F)ccc1Br. The van der Waals surface area contributed by atoms with Crippen LogP contribution in [-0.2, 0) is 0 Å². The number of imidazole rings is 1. The molecule has 2 aromatic carbocycles. The maximum absolute atomic E-state index is 13.6. The van der Waals surface area contributed by atoms with Crippen LogP contribution in [0.15, 0.2) is 40.9 Å². The summed E-state index contributed by atoms with van der Waals surface area (Å²) in [6, 6.07) is 10.6. The van der Waals surface area contributed by atoms with Gasteiger partial charge in [-0.2, -0.15) is 0 Å². The Bertz CT molecular complexity index is 827. The summed E-state index contributed by atoms with van der Waals surface area (Å²) < 4.78 is 16.3. The number of halogens is 3. The van der Waals surface area contributed by atoms with Crippen LogP contribution in [0.3, 0.4) is 0 Å². The standard InChI is InChI=1S/C16H13BrClFN2/c1-9-3-6-14-13(7-9)20-16(10(2)18)21(14)15-8-11(19)4-5-12(15)17/h3-8,10H,1-2H3. The van der Waals surface area contributed by atoms with Gasteiger partial charge in [0, 0.05) is 4.47 Å². The van der Waals surface area contributed by atoms with Crippen LogP contribution in [0.4, 0.5) is 4.39 Å². The molecule has 1 unspecified atom stereocenters. The molecule has 3 rings (SSSR count). The van der Waals surface area contributed by atoms with Crippen molar-refractivity contribution >= 4 is 38.6 Å². The lowest BCUT2D eigenvalue weighted by Crippen LogP contribution is -2.03. The predicted molar refractivity (Wildman–Crippen MR) is 87.7 cm³/mol. The second-order valence-corrected chi connectivity index (χ2v) is 6.52. The normalized spacial score (nSPS) is 12.8. The molecule has 1 heterocycles. The molecular formula is C16H13BrClFN2. The summed E-state index contributed by atoms with van der Waals surface area (Å²) in [5.41, 5.74) is 3.59. The van der Waals surface area contributed by atoms with Gasteiger partial charge in [0.1, 0.15) is 11.6 Å². The van der Waals surface area contributed by atoms with Crippen LogP contribution in [0.2, 0.25) is 0 Å². The van der Waals surface area contributed by atoms with Crippen molar-refractivity contribution in [3.8, 4) is 5.69 Å². The van der Waals surface area contributed by atoms with Crippen molar-refractivity contribution in [2.45, 2.75) is 19.2 Å². The molecule has 0 bridgehead atoms. The number of nitrogens with zero attached hydrogens (tertiary/aromatic N) is 2. The first-order valence-corrected chi connectivity index (χ1v) is 7.79. The lowest BCUT2D eigenvalue weighted by atomic mass is 10.2. The van der Waals surface area contributed by atoms with Gasteiger partial charge >= 0.3 is 0 Å². The van der Waals surface area contributed by atoms with E-state index in [1.165, 1.54) is 12.1 Å². The number of benzene rings is 2. The number of fused-ring (bicyclic) bond motifs is 1. The third kappa shape index (κ3) is 2.58. The summed E-state index contributed by atoms with van der Waals surface area (Å²) in [7, 11) is 0. The number of rotatable bonds is 2. The lowest BCUT2D eigenvalue weighted by molar-refractivity contribution is 0.626. The first kappa shape index (κ1) is 14.5. The molecule has 0 saturated heterocycles. The quantitative estimate of drug-likeness (QED) is 0.544. The van der Waals surface area contributed by atoms with Gasteiger partial charge in [0.05, 0.1) is 22.1 Å². The summed E-state index contributed by atoms with van der Waals surface area (Å²) in [6.45, 7) is 3.87. The van der Waals surface area contributed by atoms with Crippen LogP contribution in [0, 0.1) is 12.7 Å². The third-order valence-electron chi connectivity index (χ3n) is 3.34. The molecule has 0 radical (unpaired) electrons. The minimum absolute atomic E-state index is 0.284. The highest BCUT2D eigenvalue weighted by Gasteiger charge is 2.18. The van der Waals surface area contributed by atoms with Gasteiger partial charge in [-0.1, -0.05) is 6.07 Å². The number of aryl methyl sites for hydroxylation is 1. The molecule has 2 nitrogen and oxygen atoms in total. The Morgan fingerprint density at radius 3 is 2.71 bits per heavy atom. The molecule has 5 heteroatoms. The van der Waals surface area contributed by atoms with Gasteiger partial charge in [-0.05, 0) is 65.7 Å². The predicted octanol–water partition coefficient (Wildman–Crippen LogP) is 5.54. The van der Waals surface area contributed by atoms with Gasteiger partial charge in [0.15, 0.2) is 0 Å². The molecule has 1 aromatic heterocycles. The fourth-order valence-corrected chi connectivity index (χ4v) is 2.96. The second-order valence-electron chi connectivity index (χ2n) is 5.01. The van der Waals surface area contributed by atoms with Gasteiger partial charge in [-0.25, -0.2) is 9.37 Å². The molecule has 108 valence electrons. The summed E-state index contributed by atoms with van der Waals surface area (Å²) in [6.07, 6.45) is 0. The topological polar surface area (TPSA) is 17.8 Å². The van der Waals surface area contributed by atoms with Crippen molar-refractivity contribution in [3.05, 3.63) is 58.1 Å². The van der Waals surface area contributed by atoms with E-state index in [4.69, 9.17) is 11.6 Å². The summed E-state index contributed by atoms with van der Waals surface area (Å²) in [5.74, 6) is 0.402. The first-order chi connectivity index (χ1) is 9.97. The molecule has 3 aromatic rings. The second kappa shape index (κ2) is 5.43. The molecule has 0 aliphatic heterocycles. The monoisotopic (exact) mass is 366 g/mol. The van der Waals surface area contributed by atoms with E-state index in [2.05, 4.69) is 20.9 Å². The van der Waals surface area contributed by atoms with Crippen molar-refractivity contribution in [2.75, 3.05) is 0 Å². The minimum atomic E-state index is -0.296. The van der Waals surface area contributed by atoms with E-state index in [0.717, 1.165) is 21.1 Å². The number of aromatic nitrogens is 2. The Morgan fingerprint density at radius 1 is 1.24 bits per heavy atom. The Hall–Kier alpha value is -1.39.